The molecule has 3 aromatic rings. The number of carbonyl (C=O) groups excluding carboxylic acids is 1. The average molecular weight is 412 g/mol. The summed E-state index contributed by atoms with van der Waals surface area (Å²) in [5.41, 5.74) is 1.82. The molecule has 156 valence electrons. The van der Waals surface area contributed by atoms with Crippen LogP contribution in [0.2, 0.25) is 0 Å². The van der Waals surface area contributed by atoms with E-state index < -0.39 is 17.0 Å². The molecule has 0 saturated heterocycles. The van der Waals surface area contributed by atoms with E-state index >= 15 is 0 Å². The highest BCUT2D eigenvalue weighted by atomic mass is 16.6. The number of non-ortho nitro benzene ring substituents is 1. The quantitative estimate of drug-likeness (QED) is 0.324. The summed E-state index contributed by atoms with van der Waals surface area (Å²) in [4.78, 5) is 23.1. The Bertz CT molecular complexity index is 1050. The van der Waals surface area contributed by atoms with Crippen molar-refractivity contribution in [3.8, 4) is 11.5 Å². The predicted molar refractivity (Wildman–Crippen MR) is 107 cm³/mol. The lowest BCUT2D eigenvalue weighted by Crippen LogP contribution is -2.14. The minimum absolute atomic E-state index is 0.0391. The van der Waals surface area contributed by atoms with Gasteiger partial charge in [0.25, 0.3) is 11.6 Å². The highest BCUT2D eigenvalue weighted by Gasteiger charge is 2.23. The van der Waals surface area contributed by atoms with Crippen molar-refractivity contribution in [2.45, 2.75) is 20.0 Å². The van der Waals surface area contributed by atoms with Crippen molar-refractivity contribution in [3.63, 3.8) is 0 Å². The average Bonchev–Trinajstić information content (AvgIpc) is 3.23. The molecular formula is C20H20N4O6. The zero-order chi connectivity index (χ0) is 21.7. The van der Waals surface area contributed by atoms with Gasteiger partial charge < -0.3 is 19.6 Å². The molecule has 0 bridgehead atoms. The van der Waals surface area contributed by atoms with Crippen molar-refractivity contribution in [2.75, 3.05) is 18.5 Å². The van der Waals surface area contributed by atoms with Crippen LogP contribution in [0.4, 0.5) is 11.4 Å². The lowest BCUT2D eigenvalue weighted by atomic mass is 10.1. The smallest absolute Gasteiger partial charge is 0.341 e. The summed E-state index contributed by atoms with van der Waals surface area (Å²) in [5.74, 6) is -0.426. The van der Waals surface area contributed by atoms with Crippen LogP contribution in [0.1, 0.15) is 34.8 Å². The number of ether oxygens (including phenoxy) is 1. The third kappa shape index (κ3) is 4.78. The van der Waals surface area contributed by atoms with Crippen LogP contribution in [0.15, 0.2) is 46.9 Å². The number of anilines is 1. The number of nitrogens with one attached hydrogen (secondary N) is 1. The number of hydrogen-bond donors (Lipinski definition) is 2. The number of aryl methyl sites for hydroxylation is 1. The van der Waals surface area contributed by atoms with E-state index in [1.54, 1.807) is 6.92 Å². The third-order valence-corrected chi connectivity index (χ3v) is 4.23. The minimum Gasteiger partial charge on any atom is -0.449 e. The molecule has 0 unspecified atom stereocenters. The predicted octanol–water partition coefficient (Wildman–Crippen LogP) is 3.28. The van der Waals surface area contributed by atoms with Crippen LogP contribution in [-0.2, 0) is 4.74 Å². The summed E-state index contributed by atoms with van der Waals surface area (Å²) in [5, 5.41) is 30.8. The van der Waals surface area contributed by atoms with Crippen LogP contribution in [0.25, 0.3) is 11.5 Å². The van der Waals surface area contributed by atoms with Gasteiger partial charge in [0.15, 0.2) is 6.10 Å². The topological polar surface area (TPSA) is 141 Å². The molecule has 10 heteroatoms. The molecule has 0 spiro atoms. The Morgan fingerprint density at radius 2 is 2.00 bits per heavy atom. The molecule has 0 radical (unpaired) electrons. The molecule has 0 aliphatic heterocycles. The van der Waals surface area contributed by atoms with Gasteiger partial charge in [0.2, 0.25) is 5.89 Å². The molecular weight excluding hydrogens is 392 g/mol. The lowest BCUT2D eigenvalue weighted by molar-refractivity contribution is -0.384. The Kier molecular flexibility index (Phi) is 6.38. The zero-order valence-electron chi connectivity index (χ0n) is 16.4. The molecule has 0 aliphatic rings. The van der Waals surface area contributed by atoms with Gasteiger partial charge >= 0.3 is 5.97 Å². The van der Waals surface area contributed by atoms with Gasteiger partial charge in [-0.2, -0.15) is 0 Å². The fourth-order valence-electron chi connectivity index (χ4n) is 2.65. The second-order valence-electron chi connectivity index (χ2n) is 6.50. The second-order valence-corrected chi connectivity index (χ2v) is 6.50. The Morgan fingerprint density at radius 3 is 2.67 bits per heavy atom. The molecule has 0 amide bonds. The molecule has 2 N–H and O–H groups in total. The number of esters is 1. The second kappa shape index (κ2) is 9.14. The first kappa shape index (κ1) is 20.9. The standard InChI is InChI=1S/C20H20N4O6/c1-12-3-5-14(6-4-12)19-23-22-18(30-19)13(2)29-20(26)16-11-15(24(27)28)7-8-17(16)21-9-10-25/h3-8,11,13,21,25H,9-10H2,1-2H3/t13-/m1/s1. The maximum atomic E-state index is 12.7. The Morgan fingerprint density at radius 1 is 1.27 bits per heavy atom. The van der Waals surface area contributed by atoms with E-state index in [-0.39, 0.29) is 36.2 Å². The highest BCUT2D eigenvalue weighted by molar-refractivity contribution is 5.96. The molecule has 10 nitrogen and oxygen atoms in total. The maximum absolute atomic E-state index is 12.7. The summed E-state index contributed by atoms with van der Waals surface area (Å²) in [6.45, 7) is 3.51. The normalized spacial score (nSPS) is 11.7. The van der Waals surface area contributed by atoms with E-state index in [9.17, 15) is 14.9 Å². The Labute approximate surface area is 171 Å². The van der Waals surface area contributed by atoms with Gasteiger partial charge in [-0.15, -0.1) is 10.2 Å². The number of nitro groups is 1. The van der Waals surface area contributed by atoms with Crippen LogP contribution >= 0.6 is 0 Å². The van der Waals surface area contributed by atoms with E-state index in [1.165, 1.54) is 12.1 Å². The van der Waals surface area contributed by atoms with Gasteiger partial charge in [-0.05, 0) is 32.0 Å². The van der Waals surface area contributed by atoms with Crippen molar-refractivity contribution >= 4 is 17.3 Å². The van der Waals surface area contributed by atoms with Gasteiger partial charge in [0.1, 0.15) is 0 Å². The zero-order valence-corrected chi connectivity index (χ0v) is 16.4. The highest BCUT2D eigenvalue weighted by Crippen LogP contribution is 2.27. The summed E-state index contributed by atoms with van der Waals surface area (Å²) in [6.07, 6.45) is -0.880. The number of nitro benzene ring substituents is 1. The molecule has 3 rings (SSSR count). The number of hydrogen-bond acceptors (Lipinski definition) is 9. The summed E-state index contributed by atoms with van der Waals surface area (Å²) in [7, 11) is 0. The van der Waals surface area contributed by atoms with Crippen LogP contribution in [0.3, 0.4) is 0 Å². The van der Waals surface area contributed by atoms with E-state index in [1.807, 2.05) is 31.2 Å². The first-order chi connectivity index (χ1) is 14.4. The lowest BCUT2D eigenvalue weighted by Gasteiger charge is -2.13. The molecule has 0 fully saturated rings. The van der Waals surface area contributed by atoms with Crippen LogP contribution in [0, 0.1) is 17.0 Å². The third-order valence-electron chi connectivity index (χ3n) is 4.23. The minimum atomic E-state index is -0.880. The summed E-state index contributed by atoms with van der Waals surface area (Å²) >= 11 is 0. The number of aromatic nitrogens is 2. The van der Waals surface area contributed by atoms with Crippen molar-refractivity contribution in [1.82, 2.24) is 10.2 Å². The van der Waals surface area contributed by atoms with Crippen LogP contribution in [0.5, 0.6) is 0 Å². The van der Waals surface area contributed by atoms with Crippen LogP contribution < -0.4 is 5.32 Å². The molecule has 0 aliphatic carbocycles. The van der Waals surface area contributed by atoms with Gasteiger partial charge in [-0.1, -0.05) is 17.7 Å². The van der Waals surface area contributed by atoms with E-state index in [2.05, 4.69) is 15.5 Å². The molecule has 2 aromatic carbocycles. The summed E-state index contributed by atoms with van der Waals surface area (Å²) < 4.78 is 11.0. The van der Waals surface area contributed by atoms with Crippen LogP contribution in [-0.4, -0.2) is 39.3 Å². The number of benzene rings is 2. The Hall–Kier alpha value is -3.79. The summed E-state index contributed by atoms with van der Waals surface area (Å²) in [6, 6.07) is 11.2. The van der Waals surface area contributed by atoms with Gasteiger partial charge in [0.05, 0.1) is 17.1 Å². The van der Waals surface area contributed by atoms with Gasteiger partial charge in [0, 0.05) is 29.9 Å². The molecule has 1 atom stereocenters. The van der Waals surface area contributed by atoms with Crippen molar-refractivity contribution < 1.29 is 24.0 Å². The fraction of sp³-hybridized carbons (Fsp3) is 0.250. The van der Waals surface area contributed by atoms with E-state index in [0.29, 0.717) is 5.69 Å². The van der Waals surface area contributed by atoms with Gasteiger partial charge in [-0.25, -0.2) is 4.79 Å². The largest absolute Gasteiger partial charge is 0.449 e. The van der Waals surface area contributed by atoms with Crippen molar-refractivity contribution in [3.05, 3.63) is 69.6 Å². The van der Waals surface area contributed by atoms with Crippen molar-refractivity contribution in [2.24, 2.45) is 0 Å². The molecule has 1 heterocycles. The monoisotopic (exact) mass is 412 g/mol. The first-order valence-corrected chi connectivity index (χ1v) is 9.13. The molecule has 1 aromatic heterocycles. The number of aliphatic hydroxyl groups excluding tert-OH is 1. The number of rotatable bonds is 8. The number of aliphatic hydroxyl groups is 1. The number of nitrogens with zero attached hydrogens (tertiary/aromatic N) is 3. The SMILES string of the molecule is Cc1ccc(-c2nnc([C@@H](C)OC(=O)c3cc([N+](=O)[O-])ccc3NCCO)o2)cc1. The Balaban J connectivity index is 1.79. The molecule has 30 heavy (non-hydrogen) atoms. The maximum Gasteiger partial charge on any atom is 0.341 e. The number of carbonyl (C=O) groups is 1. The van der Waals surface area contributed by atoms with E-state index in [4.69, 9.17) is 14.3 Å². The van der Waals surface area contributed by atoms with Crippen molar-refractivity contribution in [1.29, 1.82) is 0 Å². The van der Waals surface area contributed by atoms with E-state index in [0.717, 1.165) is 17.2 Å². The fourth-order valence-corrected chi connectivity index (χ4v) is 2.65. The first-order valence-electron chi connectivity index (χ1n) is 9.13. The van der Waals surface area contributed by atoms with Gasteiger partial charge in [-0.3, -0.25) is 10.1 Å². The molecule has 0 saturated carbocycles.